The van der Waals surface area contributed by atoms with Gasteiger partial charge in [0.1, 0.15) is 19.3 Å². The van der Waals surface area contributed by atoms with Crippen LogP contribution in [0.4, 0.5) is 13.6 Å². The van der Waals surface area contributed by atoms with Crippen LogP contribution in [-0.2, 0) is 23.7 Å². The summed E-state index contributed by atoms with van der Waals surface area (Å²) in [4.78, 5) is 30.8. The fraction of sp³-hybridized carbons (Fsp3) is 0.303. The van der Waals surface area contributed by atoms with Crippen LogP contribution in [0.3, 0.4) is 0 Å². The second-order valence-electron chi connectivity index (χ2n) is 11.7. The molecule has 44 heavy (non-hydrogen) atoms. The molecule has 0 aliphatic carbocycles. The summed E-state index contributed by atoms with van der Waals surface area (Å²) >= 11 is 0. The Labute approximate surface area is 253 Å². The fourth-order valence-electron chi connectivity index (χ4n) is 5.43. The van der Waals surface area contributed by atoms with Gasteiger partial charge in [-0.25, -0.2) is 18.1 Å². The first-order valence-corrected chi connectivity index (χ1v) is 14.2. The van der Waals surface area contributed by atoms with Crippen molar-refractivity contribution in [3.8, 4) is 5.75 Å². The number of benzene rings is 2. The number of hydrogen-bond acceptors (Lipinski definition) is 5. The first kappa shape index (κ1) is 30.8. The van der Waals surface area contributed by atoms with Crippen molar-refractivity contribution >= 4 is 28.5 Å². The minimum Gasteiger partial charge on any atom is -0.410 e. The van der Waals surface area contributed by atoms with Gasteiger partial charge in [0.25, 0.3) is 5.91 Å². The van der Waals surface area contributed by atoms with Crippen molar-refractivity contribution < 1.29 is 37.5 Å². The Morgan fingerprint density at radius 3 is 2.59 bits per heavy atom. The molecule has 2 amide bonds. The summed E-state index contributed by atoms with van der Waals surface area (Å²) in [5, 5.41) is 14.7. The van der Waals surface area contributed by atoms with E-state index < -0.39 is 35.3 Å². The van der Waals surface area contributed by atoms with E-state index in [1.54, 1.807) is 26.0 Å². The number of carbonyl (C=O) groups is 2. The zero-order valence-electron chi connectivity index (χ0n) is 25.2. The first-order valence-electron chi connectivity index (χ1n) is 14.2. The molecule has 0 bridgehead atoms. The Morgan fingerprint density at radius 2 is 1.89 bits per heavy atom. The summed E-state index contributed by atoms with van der Waals surface area (Å²) < 4.78 is 40.8. The smallest absolute Gasteiger partial charge is 0.410 e. The second-order valence-corrected chi connectivity index (χ2v) is 11.7. The molecule has 0 fully saturated rings. The lowest BCUT2D eigenvalue weighted by atomic mass is 9.81. The molecule has 1 aliphatic rings. The summed E-state index contributed by atoms with van der Waals surface area (Å²) in [5.41, 5.74) is 2.44. The van der Waals surface area contributed by atoms with Gasteiger partial charge in [0.05, 0.1) is 11.8 Å². The number of nitrogens with one attached hydrogen (secondary N) is 2. The molecule has 0 radical (unpaired) electrons. The largest absolute Gasteiger partial charge is 0.413 e. The molecule has 2 aromatic heterocycles. The Morgan fingerprint density at radius 1 is 1.11 bits per heavy atom. The van der Waals surface area contributed by atoms with Crippen molar-refractivity contribution in [3.05, 3.63) is 101 Å². The van der Waals surface area contributed by atoms with Gasteiger partial charge in [-0.1, -0.05) is 19.9 Å². The first-order chi connectivity index (χ1) is 20.8. The van der Waals surface area contributed by atoms with Crippen LogP contribution in [-0.4, -0.2) is 45.9 Å². The summed E-state index contributed by atoms with van der Waals surface area (Å²) in [7, 11) is 1.89. The zero-order valence-corrected chi connectivity index (χ0v) is 25.2. The van der Waals surface area contributed by atoms with E-state index in [9.17, 15) is 23.5 Å². The van der Waals surface area contributed by atoms with E-state index in [-0.39, 0.29) is 30.3 Å². The van der Waals surface area contributed by atoms with E-state index in [0.29, 0.717) is 17.0 Å². The number of aliphatic hydroxyl groups is 1. The maximum atomic E-state index is 14.0. The van der Waals surface area contributed by atoms with Gasteiger partial charge in [0, 0.05) is 58.4 Å². The molecule has 1 aliphatic heterocycles. The lowest BCUT2D eigenvalue weighted by Gasteiger charge is -2.29. The highest BCUT2D eigenvalue weighted by Crippen LogP contribution is 2.42. The fourth-order valence-corrected chi connectivity index (χ4v) is 5.43. The predicted molar refractivity (Wildman–Crippen MR) is 159 cm³/mol. The number of carbonyl (C=O) groups excluding carboxylic acids is 2. The van der Waals surface area contributed by atoms with Crippen molar-refractivity contribution in [2.75, 3.05) is 6.54 Å². The molecule has 0 spiro atoms. The number of amides is 2. The number of H-pyrrole nitrogens is 1. The number of aromatic nitrogens is 2. The van der Waals surface area contributed by atoms with E-state index in [4.69, 9.17) is 9.47 Å². The number of aryl methyl sites for hydroxylation is 1. The van der Waals surface area contributed by atoms with Crippen molar-refractivity contribution in [1.29, 1.82) is 0 Å². The van der Waals surface area contributed by atoms with Crippen LogP contribution in [0.1, 0.15) is 55.0 Å². The van der Waals surface area contributed by atoms with Crippen LogP contribution >= 0.6 is 0 Å². The topological polar surface area (TPSA) is 108 Å². The normalized spacial score (nSPS) is 15.0. The van der Waals surface area contributed by atoms with Gasteiger partial charge in [-0.3, -0.25) is 4.79 Å². The molecular formula is C33H35F2N4O5+. The molecule has 11 heteroatoms. The Bertz CT molecular complexity index is 1760. The highest BCUT2D eigenvalue weighted by molar-refractivity contribution is 5.98. The number of aromatic amines is 1. The average Bonchev–Trinajstić information content (AvgIpc) is 3.29. The summed E-state index contributed by atoms with van der Waals surface area (Å²) in [6, 6.07) is 13.8. The number of hydrogen-bond donors (Lipinski definition) is 3. The molecule has 0 saturated carbocycles. The standard InChI is InChI=1S/C33H34F2N4O5/c1-19(2)43-31(41)24-17-39(30(40)20-9-12-25(34)26(35)14-20)18-33(3,4)28-23-11-10-22(15-27(23)37-29(24)28)44-32(42)36-16-21-8-6-7-13-38(21)5/h6-15,17,19,31,37,41H,16,18H2,1-5H3/p+1. The van der Waals surface area contributed by atoms with Gasteiger partial charge < -0.3 is 29.8 Å². The van der Waals surface area contributed by atoms with Crippen LogP contribution in [0.2, 0.25) is 0 Å². The third-order valence-corrected chi connectivity index (χ3v) is 7.48. The number of aliphatic hydroxyl groups excluding tert-OH is 1. The van der Waals surface area contributed by atoms with Crippen molar-refractivity contribution in [2.24, 2.45) is 7.05 Å². The van der Waals surface area contributed by atoms with Gasteiger partial charge in [0.2, 0.25) is 5.69 Å². The van der Waals surface area contributed by atoms with Crippen LogP contribution < -0.4 is 14.6 Å². The number of fused-ring (bicyclic) bond motifs is 3. The SMILES string of the molecule is CC(C)OC(O)C1=CN(C(=O)c2ccc(F)c(F)c2)CC(C)(C)c2c1[nH]c1cc(OC(=O)NCc3cccc[n+]3C)ccc21. The quantitative estimate of drug-likeness (QED) is 0.201. The van der Waals surface area contributed by atoms with E-state index >= 15 is 0 Å². The Balaban J connectivity index is 1.49. The van der Waals surface area contributed by atoms with Gasteiger partial charge in [-0.05, 0) is 49.7 Å². The minimum atomic E-state index is -1.42. The van der Waals surface area contributed by atoms with Crippen molar-refractivity contribution in [1.82, 2.24) is 15.2 Å². The minimum absolute atomic E-state index is 0.0360. The Hall–Kier alpha value is -4.61. The number of nitrogens with zero attached hydrogens (tertiary/aromatic N) is 2. The highest BCUT2D eigenvalue weighted by atomic mass is 19.2. The number of pyridine rings is 1. The summed E-state index contributed by atoms with van der Waals surface area (Å²) in [6.07, 6.45) is 0.984. The van der Waals surface area contributed by atoms with E-state index in [1.807, 2.05) is 55.9 Å². The van der Waals surface area contributed by atoms with E-state index in [1.165, 1.54) is 17.2 Å². The maximum Gasteiger partial charge on any atom is 0.413 e. The predicted octanol–water partition coefficient (Wildman–Crippen LogP) is 5.08. The van der Waals surface area contributed by atoms with Gasteiger partial charge in [-0.2, -0.15) is 0 Å². The Kier molecular flexibility index (Phi) is 8.53. The summed E-state index contributed by atoms with van der Waals surface area (Å²) in [5.74, 6) is -2.44. The lowest BCUT2D eigenvalue weighted by Crippen LogP contribution is -2.37. The van der Waals surface area contributed by atoms with Gasteiger partial charge in [0.15, 0.2) is 24.1 Å². The van der Waals surface area contributed by atoms with Gasteiger partial charge >= 0.3 is 6.09 Å². The molecule has 5 rings (SSSR count). The zero-order chi connectivity index (χ0) is 31.8. The molecule has 3 heterocycles. The molecular weight excluding hydrogens is 570 g/mol. The lowest BCUT2D eigenvalue weighted by molar-refractivity contribution is -0.679. The molecule has 230 valence electrons. The highest BCUT2D eigenvalue weighted by Gasteiger charge is 2.37. The second kappa shape index (κ2) is 12.2. The van der Waals surface area contributed by atoms with Crippen LogP contribution in [0.25, 0.3) is 16.5 Å². The third-order valence-electron chi connectivity index (χ3n) is 7.48. The van der Waals surface area contributed by atoms with Crippen LogP contribution in [0, 0.1) is 11.6 Å². The molecule has 9 nitrogen and oxygen atoms in total. The maximum absolute atomic E-state index is 14.0. The molecule has 4 aromatic rings. The third kappa shape index (κ3) is 6.34. The van der Waals surface area contributed by atoms with Crippen LogP contribution in [0.15, 0.2) is 67.0 Å². The molecule has 1 unspecified atom stereocenters. The van der Waals surface area contributed by atoms with Crippen LogP contribution in [0.5, 0.6) is 5.75 Å². The van der Waals surface area contributed by atoms with Gasteiger partial charge in [-0.15, -0.1) is 0 Å². The monoisotopic (exact) mass is 605 g/mol. The van der Waals surface area contributed by atoms with E-state index in [0.717, 1.165) is 28.8 Å². The molecule has 3 N–H and O–H groups in total. The number of ether oxygens (including phenoxy) is 2. The summed E-state index contributed by atoms with van der Waals surface area (Å²) in [6.45, 7) is 7.86. The average molecular weight is 606 g/mol. The molecule has 0 saturated heterocycles. The molecule has 1 atom stereocenters. The van der Waals surface area contributed by atoms with Crippen molar-refractivity contribution in [2.45, 2.75) is 52.0 Å². The van der Waals surface area contributed by atoms with E-state index in [2.05, 4.69) is 10.3 Å². The number of rotatable bonds is 7. The molecule has 2 aromatic carbocycles. The number of halogens is 2. The van der Waals surface area contributed by atoms with Crippen molar-refractivity contribution in [3.63, 3.8) is 0 Å².